The van der Waals surface area contributed by atoms with Gasteiger partial charge in [0.2, 0.25) is 0 Å². The Balaban J connectivity index is 0. The van der Waals surface area contributed by atoms with E-state index in [4.69, 9.17) is 0 Å². The molecule has 0 atom stereocenters. The topological polar surface area (TPSA) is 0 Å². The summed E-state index contributed by atoms with van der Waals surface area (Å²) in [4.78, 5) is 0. The van der Waals surface area contributed by atoms with Crippen LogP contribution in [0.3, 0.4) is 0 Å². The van der Waals surface area contributed by atoms with Gasteiger partial charge in [-0.2, -0.15) is 0 Å². The van der Waals surface area contributed by atoms with Gasteiger partial charge in [0, 0.05) is 76.7 Å². The smallest absolute Gasteiger partial charge is 0 e. The molecular formula is MoV3. The largest absolute Gasteiger partial charge is 0 e. The molecule has 0 aromatic heterocycles. The Morgan fingerprint density at radius 2 is 0.500 bits per heavy atom. The molecule has 0 aliphatic rings. The molecule has 0 saturated carbocycles. The molecule has 0 rings (SSSR count). The molecule has 0 amide bonds. The van der Waals surface area contributed by atoms with E-state index in [0.717, 1.165) is 0 Å². The van der Waals surface area contributed by atoms with Gasteiger partial charge in [0.05, 0.1) is 0 Å². The van der Waals surface area contributed by atoms with Gasteiger partial charge in [0.25, 0.3) is 0 Å². The van der Waals surface area contributed by atoms with E-state index in [9.17, 15) is 0 Å². The molecule has 4 heteroatoms. The van der Waals surface area contributed by atoms with E-state index in [2.05, 4.69) is 0 Å². The molecule has 0 aromatic rings. The molecule has 0 fully saturated rings. The maximum Gasteiger partial charge on any atom is 0 e. The molecule has 4 heavy (non-hydrogen) atoms. The van der Waals surface area contributed by atoms with Crippen LogP contribution in [0.2, 0.25) is 0 Å². The van der Waals surface area contributed by atoms with Crippen molar-refractivity contribution in [2.45, 2.75) is 0 Å². The predicted octanol–water partition coefficient (Wildman–Crippen LogP) is -0.0100. The Bertz CT molecular complexity index is 3.25. The molecule has 0 nitrogen and oxygen atoms in total. The van der Waals surface area contributed by atoms with Gasteiger partial charge in [-0.05, 0) is 0 Å². The molecular weight excluding hydrogens is 249 g/mol. The summed E-state index contributed by atoms with van der Waals surface area (Å²) >= 11 is 0. The van der Waals surface area contributed by atoms with E-state index in [1.807, 2.05) is 0 Å². The molecule has 0 aromatic carbocycles. The number of hydrogen-bond donors (Lipinski definition) is 0. The summed E-state index contributed by atoms with van der Waals surface area (Å²) < 4.78 is 0. The second-order valence-corrected chi connectivity index (χ2v) is 0. The van der Waals surface area contributed by atoms with Crippen LogP contribution in [0.25, 0.3) is 0 Å². The molecule has 21 valence electrons. The fourth-order valence-electron chi connectivity index (χ4n) is 0. The van der Waals surface area contributed by atoms with Gasteiger partial charge < -0.3 is 0 Å². The van der Waals surface area contributed by atoms with Crippen LogP contribution >= 0.6 is 0 Å². The van der Waals surface area contributed by atoms with Crippen LogP contribution in [0.15, 0.2) is 0 Å². The first-order valence-corrected chi connectivity index (χ1v) is 0. The Hall–Kier alpha value is 2.44. The standard InChI is InChI=1S/Mo.3V. The van der Waals surface area contributed by atoms with Crippen LogP contribution in [-0.4, -0.2) is 0 Å². The summed E-state index contributed by atoms with van der Waals surface area (Å²) in [5.41, 5.74) is 0. The molecule has 0 bridgehead atoms. The first kappa shape index (κ1) is 32.0. The third-order valence-corrected chi connectivity index (χ3v) is 0. The van der Waals surface area contributed by atoms with Crippen LogP contribution in [-0.2, 0) is 76.7 Å². The van der Waals surface area contributed by atoms with Gasteiger partial charge in [-0.25, -0.2) is 0 Å². The van der Waals surface area contributed by atoms with Crippen LogP contribution < -0.4 is 0 Å². The monoisotopic (exact) mass is 251 g/mol. The summed E-state index contributed by atoms with van der Waals surface area (Å²) in [6, 6.07) is 0. The van der Waals surface area contributed by atoms with Crippen LogP contribution in [0.1, 0.15) is 0 Å². The van der Waals surface area contributed by atoms with Crippen molar-refractivity contribution in [3.8, 4) is 0 Å². The third-order valence-electron chi connectivity index (χ3n) is 0. The third kappa shape index (κ3) is 8.82. The van der Waals surface area contributed by atoms with Crippen molar-refractivity contribution >= 4 is 0 Å². The van der Waals surface area contributed by atoms with Gasteiger partial charge in [-0.15, -0.1) is 0 Å². The van der Waals surface area contributed by atoms with Gasteiger partial charge in [-0.1, -0.05) is 0 Å². The van der Waals surface area contributed by atoms with E-state index >= 15 is 0 Å². The maximum atomic E-state index is 0. The van der Waals surface area contributed by atoms with Crippen molar-refractivity contribution in [2.75, 3.05) is 0 Å². The number of rotatable bonds is 0. The average Bonchev–Trinajstić information content (AvgIpc) is 0. The first-order chi connectivity index (χ1) is 0. The number of hydrogen-bond acceptors (Lipinski definition) is 0. The van der Waals surface area contributed by atoms with Gasteiger partial charge in [0.15, 0.2) is 0 Å². The van der Waals surface area contributed by atoms with Crippen molar-refractivity contribution in [1.29, 1.82) is 0 Å². The SMILES string of the molecule is [Mo].[V].[V].[V]. The molecule has 0 unspecified atom stereocenters. The second-order valence-electron chi connectivity index (χ2n) is 0. The zero-order valence-electron chi connectivity index (χ0n) is 1.75. The van der Waals surface area contributed by atoms with Crippen LogP contribution in [0.4, 0.5) is 0 Å². The quantitative estimate of drug-likeness (QED) is 0.529. The summed E-state index contributed by atoms with van der Waals surface area (Å²) in [6.45, 7) is 0. The zero-order chi connectivity index (χ0) is 0. The normalized spacial score (nSPS) is 0. The summed E-state index contributed by atoms with van der Waals surface area (Å²) in [5, 5.41) is 0. The van der Waals surface area contributed by atoms with E-state index in [1.54, 1.807) is 0 Å². The van der Waals surface area contributed by atoms with Gasteiger partial charge in [-0.3, -0.25) is 0 Å². The van der Waals surface area contributed by atoms with E-state index < -0.39 is 0 Å². The van der Waals surface area contributed by atoms with Crippen molar-refractivity contribution < 1.29 is 76.7 Å². The van der Waals surface area contributed by atoms with Crippen molar-refractivity contribution in [1.82, 2.24) is 0 Å². The van der Waals surface area contributed by atoms with Crippen LogP contribution in [0, 0.1) is 0 Å². The maximum absolute atomic E-state index is 0. The molecule has 0 aliphatic heterocycles. The Labute approximate surface area is 75.8 Å². The minimum absolute atomic E-state index is 0. The molecule has 0 aliphatic carbocycles. The summed E-state index contributed by atoms with van der Waals surface area (Å²) in [7, 11) is 0. The minimum Gasteiger partial charge on any atom is 0 e. The van der Waals surface area contributed by atoms with Crippen LogP contribution in [0.5, 0.6) is 0 Å². The summed E-state index contributed by atoms with van der Waals surface area (Å²) in [6.07, 6.45) is 0. The zero-order valence-corrected chi connectivity index (χ0v) is 7.95. The molecule has 3 radical (unpaired) electrons. The molecule has 0 N–H and O–H groups in total. The fraction of sp³-hybridized carbons (Fsp3) is 0. The van der Waals surface area contributed by atoms with Gasteiger partial charge >= 0.3 is 0 Å². The van der Waals surface area contributed by atoms with E-state index in [1.165, 1.54) is 0 Å². The minimum atomic E-state index is 0. The molecule has 0 saturated heterocycles. The van der Waals surface area contributed by atoms with Gasteiger partial charge in [0.1, 0.15) is 0 Å². The predicted molar refractivity (Wildman–Crippen MR) is 0 cm³/mol. The van der Waals surface area contributed by atoms with Crippen molar-refractivity contribution in [3.05, 3.63) is 0 Å². The molecule has 0 spiro atoms. The average molecular weight is 249 g/mol. The summed E-state index contributed by atoms with van der Waals surface area (Å²) in [5.74, 6) is 0. The Kier molecular flexibility index (Phi) is 144. The van der Waals surface area contributed by atoms with Crippen molar-refractivity contribution in [3.63, 3.8) is 0 Å². The first-order valence-electron chi connectivity index (χ1n) is 0. The Morgan fingerprint density at radius 1 is 0.500 bits per heavy atom. The van der Waals surface area contributed by atoms with E-state index in [0.29, 0.717) is 0 Å². The fourth-order valence-corrected chi connectivity index (χ4v) is 0. The Morgan fingerprint density at radius 3 is 0.500 bits per heavy atom. The van der Waals surface area contributed by atoms with Crippen molar-refractivity contribution in [2.24, 2.45) is 0 Å². The van der Waals surface area contributed by atoms with E-state index in [-0.39, 0.29) is 76.7 Å². The molecule has 0 heterocycles. The second kappa shape index (κ2) is 18.0.